The highest BCUT2D eigenvalue weighted by Crippen LogP contribution is 2.39. The van der Waals surface area contributed by atoms with Gasteiger partial charge in [-0.2, -0.15) is 0 Å². The van der Waals surface area contributed by atoms with E-state index < -0.39 is 187 Å². The molecule has 0 saturated carbocycles. The maximum atomic E-state index is 11.1. The van der Waals surface area contributed by atoms with E-state index in [-0.39, 0.29) is 6.61 Å². The van der Waals surface area contributed by atoms with Crippen LogP contribution in [-0.2, 0) is 47.4 Å². The molecule has 18 N–H and O–H groups in total. The fourth-order valence-corrected chi connectivity index (χ4v) is 7.32. The lowest BCUT2D eigenvalue weighted by molar-refractivity contribution is -0.390. The number of hydrogen-bond donors (Lipinski definition) is 17. The lowest BCUT2D eigenvalue weighted by Crippen LogP contribution is -2.67. The lowest BCUT2D eigenvalue weighted by atomic mass is 9.95. The smallest absolute Gasteiger partial charge is 0.187 e. The summed E-state index contributed by atoms with van der Waals surface area (Å²) in [5.41, 5.74) is 4.98. The molecule has 25 atom stereocenters. The van der Waals surface area contributed by atoms with Crippen molar-refractivity contribution in [2.75, 3.05) is 46.2 Å². The average molecular weight is 886 g/mol. The summed E-state index contributed by atoms with van der Waals surface area (Å²) in [5, 5.41) is 164. The van der Waals surface area contributed by atoms with Gasteiger partial charge in [-0.25, -0.2) is 0 Å². The van der Waals surface area contributed by atoms with Crippen LogP contribution in [0.4, 0.5) is 0 Å². The van der Waals surface area contributed by atoms with Crippen LogP contribution < -0.4 is 5.73 Å². The Kier molecular flexibility index (Phi) is 18.5. The first-order valence-electron chi connectivity index (χ1n) is 19.3. The molecule has 0 spiro atoms. The molecule has 6 saturated heterocycles. The van der Waals surface area contributed by atoms with Crippen molar-refractivity contribution in [3.63, 3.8) is 0 Å². The summed E-state index contributed by atoms with van der Waals surface area (Å²) in [6.07, 6.45) is -40.6. The fraction of sp³-hybridized carbons (Fsp3) is 1.00. The second-order valence-electron chi connectivity index (χ2n) is 14.9. The Morgan fingerprint density at radius 1 is 0.350 bits per heavy atom. The molecule has 27 heteroatoms. The predicted octanol–water partition coefficient (Wildman–Crippen LogP) is -11.6. The van der Waals surface area contributed by atoms with Gasteiger partial charge < -0.3 is 135 Å². The Bertz CT molecular complexity index is 1270. The molecule has 0 aromatic heterocycles. The van der Waals surface area contributed by atoms with Crippen LogP contribution in [0, 0.1) is 0 Å². The Morgan fingerprint density at radius 2 is 0.667 bits per heavy atom. The zero-order valence-electron chi connectivity index (χ0n) is 31.9. The third-order valence-corrected chi connectivity index (χ3v) is 10.8. The van der Waals surface area contributed by atoms with Gasteiger partial charge in [0.25, 0.3) is 0 Å². The number of rotatable bonds is 15. The minimum absolute atomic E-state index is 0.219. The molecule has 6 fully saturated rings. The molecule has 0 aromatic carbocycles. The highest BCUT2D eigenvalue weighted by molar-refractivity contribution is 5.01. The van der Waals surface area contributed by atoms with E-state index in [9.17, 15) is 76.6 Å². The zero-order valence-corrected chi connectivity index (χ0v) is 31.9. The van der Waals surface area contributed by atoms with Crippen LogP contribution >= 0.6 is 0 Å². The summed E-state index contributed by atoms with van der Waals surface area (Å²) < 4.78 is 55.0. The van der Waals surface area contributed by atoms with Crippen LogP contribution in [0.1, 0.15) is 6.42 Å². The van der Waals surface area contributed by atoms with Crippen molar-refractivity contribution < 1.29 is 129 Å². The largest absolute Gasteiger partial charge is 0.396 e. The van der Waals surface area contributed by atoms with E-state index in [4.69, 9.17) is 58.2 Å². The number of epoxide rings is 1. The highest BCUT2D eigenvalue weighted by atomic mass is 16.8. The van der Waals surface area contributed by atoms with Gasteiger partial charge in [-0.1, -0.05) is 0 Å². The number of ether oxygens (including phenoxy) is 10. The maximum Gasteiger partial charge on any atom is 0.187 e. The molecule has 0 radical (unpaired) electrons. The SMILES string of the molecule is NCCCO.OCC1OC(OC2C(CO)OC(OC3C(CO)OC(OC4C(CO)OC(OC5C(CO)OC6OC6C5O)C(O)C4O)C(O)C3O)C(O)C2O)C(O)C(O)C1O. The molecule has 6 rings (SSSR count). The number of fused-ring (bicyclic) bond motifs is 1. The van der Waals surface area contributed by atoms with Crippen molar-refractivity contribution in [1.82, 2.24) is 0 Å². The molecule has 352 valence electrons. The summed E-state index contributed by atoms with van der Waals surface area (Å²) in [6, 6.07) is 0. The third-order valence-electron chi connectivity index (χ3n) is 10.8. The van der Waals surface area contributed by atoms with Crippen molar-refractivity contribution in [3.8, 4) is 0 Å². The van der Waals surface area contributed by atoms with Crippen LogP contribution in [0.3, 0.4) is 0 Å². The van der Waals surface area contributed by atoms with Gasteiger partial charge in [0, 0.05) is 6.61 Å². The molecule has 0 amide bonds. The molecule has 0 bridgehead atoms. The molecule has 6 heterocycles. The van der Waals surface area contributed by atoms with Gasteiger partial charge in [0.2, 0.25) is 0 Å². The van der Waals surface area contributed by atoms with E-state index in [2.05, 4.69) is 0 Å². The number of hydrogen-bond acceptors (Lipinski definition) is 27. The van der Waals surface area contributed by atoms with Crippen LogP contribution in [0.15, 0.2) is 0 Å². The summed E-state index contributed by atoms with van der Waals surface area (Å²) in [7, 11) is 0. The summed E-state index contributed by atoms with van der Waals surface area (Å²) >= 11 is 0. The van der Waals surface area contributed by atoms with E-state index in [0.29, 0.717) is 6.54 Å². The maximum absolute atomic E-state index is 11.1. The molecule has 0 aromatic rings. The molecule has 27 nitrogen and oxygen atoms in total. The van der Waals surface area contributed by atoms with Crippen molar-refractivity contribution in [3.05, 3.63) is 0 Å². The van der Waals surface area contributed by atoms with Crippen molar-refractivity contribution in [2.45, 2.75) is 160 Å². The topological polar surface area (TPSA) is 445 Å². The fourth-order valence-electron chi connectivity index (χ4n) is 7.32. The van der Waals surface area contributed by atoms with Gasteiger partial charge in [-0.3, -0.25) is 0 Å². The van der Waals surface area contributed by atoms with E-state index in [1.807, 2.05) is 0 Å². The molecule has 6 aliphatic heterocycles. The Morgan fingerprint density at radius 3 is 0.983 bits per heavy atom. The van der Waals surface area contributed by atoms with Crippen molar-refractivity contribution >= 4 is 0 Å². The van der Waals surface area contributed by atoms with Gasteiger partial charge >= 0.3 is 0 Å². The van der Waals surface area contributed by atoms with Crippen molar-refractivity contribution in [1.29, 1.82) is 0 Å². The standard InChI is InChI=1S/C30H50O25.C3H9NO/c31-1-6-11(36)12(37)16(41)26(46-6)51-21-7(2-32)47-27(17(42)13(21)38)52-22-8(3-33)48-28(18(43)14(22)39)53-23-9(4-34)49-29(19(44)15(23)40)54-24-10(5-35)50-30-25(55-30)20(24)45;4-2-1-3-5/h6-45H,1-5H2;5H,1-4H2. The van der Waals surface area contributed by atoms with E-state index >= 15 is 0 Å². The van der Waals surface area contributed by atoms with Gasteiger partial charge in [0.05, 0.1) is 33.0 Å². The van der Waals surface area contributed by atoms with Crippen molar-refractivity contribution in [2.24, 2.45) is 5.73 Å². The lowest BCUT2D eigenvalue weighted by Gasteiger charge is -2.49. The second kappa shape index (κ2) is 22.2. The number of nitrogens with two attached hydrogens (primary N) is 1. The molecular formula is C33H59NO26. The Labute approximate surface area is 341 Å². The quantitative estimate of drug-likeness (QED) is 0.0679. The molecule has 25 unspecified atom stereocenters. The Hall–Kier alpha value is -1.08. The molecular weight excluding hydrogens is 826 g/mol. The monoisotopic (exact) mass is 885 g/mol. The van der Waals surface area contributed by atoms with Crippen LogP contribution in [0.25, 0.3) is 0 Å². The minimum atomic E-state index is -2.07. The van der Waals surface area contributed by atoms with Gasteiger partial charge in [-0.05, 0) is 13.0 Å². The third kappa shape index (κ3) is 10.7. The summed E-state index contributed by atoms with van der Waals surface area (Å²) in [4.78, 5) is 0. The summed E-state index contributed by atoms with van der Waals surface area (Å²) in [6.45, 7) is -3.33. The molecule has 0 aliphatic carbocycles. The normalized spacial score (nSPS) is 50.6. The number of aliphatic hydroxyl groups is 16. The van der Waals surface area contributed by atoms with Gasteiger partial charge in [0.1, 0.15) is 122 Å². The molecule has 6 aliphatic rings. The zero-order chi connectivity index (χ0) is 44.2. The number of aliphatic hydroxyl groups excluding tert-OH is 16. The van der Waals surface area contributed by atoms with Crippen LogP contribution in [-0.4, -0.2) is 281 Å². The first kappa shape index (κ1) is 49.9. The Balaban J connectivity index is 0.00000129. The van der Waals surface area contributed by atoms with E-state index in [1.54, 1.807) is 0 Å². The van der Waals surface area contributed by atoms with E-state index in [0.717, 1.165) is 6.42 Å². The first-order chi connectivity index (χ1) is 28.6. The first-order valence-corrected chi connectivity index (χ1v) is 19.3. The average Bonchev–Trinajstić information content (AvgIpc) is 4.04. The molecule has 60 heavy (non-hydrogen) atoms. The van der Waals surface area contributed by atoms with Crippen LogP contribution in [0.5, 0.6) is 0 Å². The minimum Gasteiger partial charge on any atom is -0.396 e. The summed E-state index contributed by atoms with van der Waals surface area (Å²) in [5.74, 6) is 0. The van der Waals surface area contributed by atoms with Gasteiger partial charge in [-0.15, -0.1) is 0 Å². The van der Waals surface area contributed by atoms with E-state index in [1.165, 1.54) is 0 Å². The van der Waals surface area contributed by atoms with Crippen LogP contribution in [0.2, 0.25) is 0 Å². The van der Waals surface area contributed by atoms with Gasteiger partial charge in [0.15, 0.2) is 31.5 Å². The predicted molar refractivity (Wildman–Crippen MR) is 184 cm³/mol. The highest BCUT2D eigenvalue weighted by Gasteiger charge is 2.59. The second-order valence-corrected chi connectivity index (χ2v) is 14.9.